The molecule has 19 heavy (non-hydrogen) atoms. The van der Waals surface area contributed by atoms with Gasteiger partial charge in [-0.2, -0.15) is 0 Å². The molecule has 0 heterocycles. The first-order valence-corrected chi connectivity index (χ1v) is 7.93. The predicted octanol–water partition coefficient (Wildman–Crippen LogP) is 1.32. The Morgan fingerprint density at radius 2 is 1.58 bits per heavy atom. The quantitative estimate of drug-likeness (QED) is 0.382. The summed E-state index contributed by atoms with van der Waals surface area (Å²) in [5.74, 6) is 0.656. The summed E-state index contributed by atoms with van der Waals surface area (Å²) < 4.78 is 0. The summed E-state index contributed by atoms with van der Waals surface area (Å²) in [6.45, 7) is 14.0. The van der Waals surface area contributed by atoms with Gasteiger partial charge in [-0.15, -0.1) is 0 Å². The van der Waals surface area contributed by atoms with Crippen molar-refractivity contribution < 1.29 is 0 Å². The van der Waals surface area contributed by atoms with E-state index in [-0.39, 0.29) is 0 Å². The molecule has 0 fully saturated rings. The average Bonchev–Trinajstić information content (AvgIpc) is 2.38. The van der Waals surface area contributed by atoms with Crippen LogP contribution in [0.25, 0.3) is 0 Å². The summed E-state index contributed by atoms with van der Waals surface area (Å²) in [6, 6.07) is 1.14. The van der Waals surface area contributed by atoms with E-state index in [1.54, 1.807) is 0 Å². The van der Waals surface area contributed by atoms with Crippen LogP contribution in [0, 0.1) is 5.92 Å². The Labute approximate surface area is 120 Å². The third kappa shape index (κ3) is 14.1. The van der Waals surface area contributed by atoms with Gasteiger partial charge in [-0.1, -0.05) is 20.8 Å². The lowest BCUT2D eigenvalue weighted by atomic mass is 10.1. The van der Waals surface area contributed by atoms with Crippen molar-refractivity contribution in [1.29, 1.82) is 0 Å². The van der Waals surface area contributed by atoms with E-state index in [9.17, 15) is 0 Å². The van der Waals surface area contributed by atoms with Crippen LogP contribution in [-0.4, -0.2) is 44.8 Å². The highest BCUT2D eigenvalue weighted by Crippen LogP contribution is 2.01. The maximum absolute atomic E-state index is 5.60. The zero-order chi connectivity index (χ0) is 14.5. The molecular weight excluding hydrogens is 236 g/mol. The van der Waals surface area contributed by atoms with Gasteiger partial charge < -0.3 is 21.7 Å². The van der Waals surface area contributed by atoms with Gasteiger partial charge in [0.1, 0.15) is 0 Å². The molecule has 4 nitrogen and oxygen atoms in total. The van der Waals surface area contributed by atoms with Gasteiger partial charge in [-0.3, -0.25) is 0 Å². The average molecular weight is 272 g/mol. The predicted molar refractivity (Wildman–Crippen MR) is 85.5 cm³/mol. The van der Waals surface area contributed by atoms with Crippen molar-refractivity contribution in [3.63, 3.8) is 0 Å². The largest absolute Gasteiger partial charge is 0.330 e. The lowest BCUT2D eigenvalue weighted by Crippen LogP contribution is -2.38. The smallest absolute Gasteiger partial charge is 0.0164 e. The topological polar surface area (TPSA) is 62.1 Å². The van der Waals surface area contributed by atoms with Gasteiger partial charge in [-0.05, 0) is 58.3 Å². The van der Waals surface area contributed by atoms with Crippen LogP contribution in [-0.2, 0) is 0 Å². The lowest BCUT2D eigenvalue weighted by Gasteiger charge is -2.16. The monoisotopic (exact) mass is 272 g/mol. The molecule has 0 saturated heterocycles. The SMILES string of the molecule is CC(CN)CCCNC(C)CNCCCNC(C)C. The highest BCUT2D eigenvalue weighted by Gasteiger charge is 2.02. The molecule has 0 amide bonds. The molecule has 0 rings (SSSR count). The summed E-state index contributed by atoms with van der Waals surface area (Å²) in [4.78, 5) is 0. The summed E-state index contributed by atoms with van der Waals surface area (Å²) in [6.07, 6.45) is 3.64. The zero-order valence-electron chi connectivity index (χ0n) is 13.5. The fraction of sp³-hybridized carbons (Fsp3) is 1.00. The standard InChI is InChI=1S/C15H36N4/c1-13(2)18-10-6-8-17-12-15(4)19-9-5-7-14(3)11-16/h13-15,17-19H,5-12,16H2,1-4H3. The van der Waals surface area contributed by atoms with E-state index in [0.29, 0.717) is 18.0 Å². The van der Waals surface area contributed by atoms with Crippen molar-refractivity contribution in [1.82, 2.24) is 16.0 Å². The number of hydrogen-bond acceptors (Lipinski definition) is 4. The molecule has 0 aliphatic rings. The van der Waals surface area contributed by atoms with E-state index in [1.165, 1.54) is 19.3 Å². The third-order valence-electron chi connectivity index (χ3n) is 3.30. The normalized spacial score (nSPS) is 14.8. The fourth-order valence-corrected chi connectivity index (χ4v) is 1.91. The van der Waals surface area contributed by atoms with Crippen LogP contribution in [0.2, 0.25) is 0 Å². The van der Waals surface area contributed by atoms with Crippen LogP contribution in [0.15, 0.2) is 0 Å². The second-order valence-corrected chi connectivity index (χ2v) is 6.00. The van der Waals surface area contributed by atoms with Crippen LogP contribution in [0.1, 0.15) is 47.0 Å². The van der Waals surface area contributed by atoms with Gasteiger partial charge in [0.15, 0.2) is 0 Å². The first kappa shape index (κ1) is 18.8. The third-order valence-corrected chi connectivity index (χ3v) is 3.30. The molecular formula is C15H36N4. The van der Waals surface area contributed by atoms with E-state index < -0.39 is 0 Å². The Morgan fingerprint density at radius 1 is 0.895 bits per heavy atom. The highest BCUT2D eigenvalue weighted by molar-refractivity contribution is 4.65. The highest BCUT2D eigenvalue weighted by atomic mass is 15.0. The van der Waals surface area contributed by atoms with E-state index in [2.05, 4.69) is 43.6 Å². The number of rotatable bonds is 13. The van der Waals surface area contributed by atoms with E-state index in [1.807, 2.05) is 0 Å². The molecule has 0 spiro atoms. The first-order valence-electron chi connectivity index (χ1n) is 7.93. The molecule has 0 radical (unpaired) electrons. The minimum atomic E-state index is 0.547. The maximum Gasteiger partial charge on any atom is 0.0164 e. The van der Waals surface area contributed by atoms with Crippen LogP contribution in [0.4, 0.5) is 0 Å². The number of nitrogens with one attached hydrogen (secondary N) is 3. The molecule has 0 aromatic heterocycles. The van der Waals surface area contributed by atoms with Crippen LogP contribution < -0.4 is 21.7 Å². The molecule has 116 valence electrons. The Hall–Kier alpha value is -0.160. The molecule has 0 bridgehead atoms. The minimum Gasteiger partial charge on any atom is -0.330 e. The van der Waals surface area contributed by atoms with Gasteiger partial charge in [0.25, 0.3) is 0 Å². The molecule has 0 aromatic carbocycles. The van der Waals surface area contributed by atoms with E-state index >= 15 is 0 Å². The Balaban J connectivity index is 3.23. The van der Waals surface area contributed by atoms with Crippen LogP contribution in [0.3, 0.4) is 0 Å². The molecule has 4 heteroatoms. The van der Waals surface area contributed by atoms with Gasteiger partial charge in [0.2, 0.25) is 0 Å². The molecule has 2 unspecified atom stereocenters. The summed E-state index contributed by atoms with van der Waals surface area (Å²) >= 11 is 0. The summed E-state index contributed by atoms with van der Waals surface area (Å²) in [5.41, 5.74) is 5.60. The first-order chi connectivity index (χ1) is 9.06. The lowest BCUT2D eigenvalue weighted by molar-refractivity contribution is 0.455. The van der Waals surface area contributed by atoms with Crippen molar-refractivity contribution in [2.45, 2.75) is 59.0 Å². The number of nitrogens with two attached hydrogens (primary N) is 1. The Bertz CT molecular complexity index is 185. The molecule has 0 aromatic rings. The van der Waals surface area contributed by atoms with Gasteiger partial charge in [-0.25, -0.2) is 0 Å². The summed E-state index contributed by atoms with van der Waals surface area (Å²) in [5, 5.41) is 10.5. The van der Waals surface area contributed by atoms with Crippen molar-refractivity contribution in [3.8, 4) is 0 Å². The Kier molecular flexibility index (Phi) is 12.7. The summed E-state index contributed by atoms with van der Waals surface area (Å²) in [7, 11) is 0. The van der Waals surface area contributed by atoms with Crippen LogP contribution >= 0.6 is 0 Å². The fourth-order valence-electron chi connectivity index (χ4n) is 1.91. The molecule has 2 atom stereocenters. The van der Waals surface area contributed by atoms with E-state index in [0.717, 1.165) is 32.7 Å². The van der Waals surface area contributed by atoms with E-state index in [4.69, 9.17) is 5.73 Å². The molecule has 0 saturated carbocycles. The maximum atomic E-state index is 5.60. The Morgan fingerprint density at radius 3 is 2.21 bits per heavy atom. The van der Waals surface area contributed by atoms with Crippen molar-refractivity contribution in [2.24, 2.45) is 11.7 Å². The van der Waals surface area contributed by atoms with Crippen LogP contribution in [0.5, 0.6) is 0 Å². The van der Waals surface area contributed by atoms with Gasteiger partial charge >= 0.3 is 0 Å². The molecule has 0 aliphatic heterocycles. The molecule has 5 N–H and O–H groups in total. The van der Waals surface area contributed by atoms with Gasteiger partial charge in [0.05, 0.1) is 0 Å². The zero-order valence-corrected chi connectivity index (χ0v) is 13.5. The van der Waals surface area contributed by atoms with Crippen molar-refractivity contribution in [2.75, 3.05) is 32.7 Å². The van der Waals surface area contributed by atoms with Crippen molar-refractivity contribution in [3.05, 3.63) is 0 Å². The number of hydrogen-bond donors (Lipinski definition) is 4. The second-order valence-electron chi connectivity index (χ2n) is 6.00. The van der Waals surface area contributed by atoms with Crippen molar-refractivity contribution >= 4 is 0 Å². The van der Waals surface area contributed by atoms with Gasteiger partial charge in [0, 0.05) is 18.6 Å². The minimum absolute atomic E-state index is 0.547. The second kappa shape index (κ2) is 12.9. The molecule has 0 aliphatic carbocycles.